The molecule has 0 unspecified atom stereocenters. The van der Waals surface area contributed by atoms with E-state index in [0.717, 1.165) is 30.2 Å². The Hall–Kier alpha value is -1.98. The van der Waals surface area contributed by atoms with Gasteiger partial charge in [0.25, 0.3) is 5.91 Å². The Kier molecular flexibility index (Phi) is 5.18. The van der Waals surface area contributed by atoms with Crippen LogP contribution < -0.4 is 5.32 Å². The lowest BCUT2D eigenvalue weighted by Crippen LogP contribution is -2.24. The fourth-order valence-electron chi connectivity index (χ4n) is 3.30. The molecule has 0 fully saturated rings. The number of hydrogen-bond donors (Lipinski definition) is 1. The van der Waals surface area contributed by atoms with Crippen molar-refractivity contribution in [3.8, 4) is 0 Å². The van der Waals surface area contributed by atoms with E-state index in [9.17, 15) is 4.79 Å². The van der Waals surface area contributed by atoms with E-state index in [2.05, 4.69) is 10.3 Å². The van der Waals surface area contributed by atoms with Crippen LogP contribution in [-0.2, 0) is 19.3 Å². The first-order chi connectivity index (χ1) is 12.7. The Morgan fingerprint density at radius 2 is 2.04 bits per heavy atom. The first-order valence-electron chi connectivity index (χ1n) is 9.01. The van der Waals surface area contributed by atoms with Crippen LogP contribution in [0.3, 0.4) is 0 Å². The third kappa shape index (κ3) is 3.89. The molecule has 6 heteroatoms. The number of thiazole rings is 1. The summed E-state index contributed by atoms with van der Waals surface area (Å²) in [5.74, 6) is -0.0553. The lowest BCUT2D eigenvalue weighted by atomic mass is 10.0. The number of carbonyl (C=O) groups excluding carboxylic acids is 1. The number of nitrogens with zero attached hydrogens (tertiary/aromatic N) is 2. The average Bonchev–Trinajstić information content (AvgIpc) is 3.07. The number of amides is 1. The highest BCUT2D eigenvalue weighted by Crippen LogP contribution is 2.27. The standard InChI is InChI=1S/C20H20ClN3OS/c21-18-10-8-13-12-14(7-9-15(13)23-18)20(25)22-11-3-6-19-24-16-4-1-2-5-17(16)26-19/h7-10,12H,1-6,11H2,(H,22,25). The summed E-state index contributed by atoms with van der Waals surface area (Å²) >= 11 is 7.75. The SMILES string of the molecule is O=C(NCCCc1nc2c(s1)CCCC2)c1ccc2nc(Cl)ccc2c1. The van der Waals surface area contributed by atoms with Crippen molar-refractivity contribution >= 4 is 39.7 Å². The number of carbonyl (C=O) groups is 1. The normalized spacial score (nSPS) is 13.6. The highest BCUT2D eigenvalue weighted by molar-refractivity contribution is 7.11. The molecule has 1 amide bonds. The Bertz CT molecular complexity index is 930. The summed E-state index contributed by atoms with van der Waals surface area (Å²) < 4.78 is 0. The highest BCUT2D eigenvalue weighted by Gasteiger charge is 2.14. The first kappa shape index (κ1) is 17.4. The molecule has 0 bridgehead atoms. The minimum atomic E-state index is -0.0553. The zero-order valence-electron chi connectivity index (χ0n) is 14.4. The van der Waals surface area contributed by atoms with E-state index >= 15 is 0 Å². The van der Waals surface area contributed by atoms with Gasteiger partial charge in [-0.1, -0.05) is 11.6 Å². The van der Waals surface area contributed by atoms with Gasteiger partial charge in [-0.25, -0.2) is 9.97 Å². The van der Waals surface area contributed by atoms with Crippen LogP contribution in [0.5, 0.6) is 0 Å². The van der Waals surface area contributed by atoms with E-state index in [0.29, 0.717) is 17.3 Å². The van der Waals surface area contributed by atoms with Crippen LogP contribution in [0.1, 0.15) is 45.2 Å². The first-order valence-corrected chi connectivity index (χ1v) is 10.2. The third-order valence-electron chi connectivity index (χ3n) is 4.66. The number of fused-ring (bicyclic) bond motifs is 2. The van der Waals surface area contributed by atoms with Gasteiger partial charge in [-0.2, -0.15) is 0 Å². The number of halogens is 1. The van der Waals surface area contributed by atoms with Gasteiger partial charge in [-0.05, 0) is 62.4 Å². The maximum Gasteiger partial charge on any atom is 0.251 e. The Labute approximate surface area is 161 Å². The van der Waals surface area contributed by atoms with Gasteiger partial charge in [-0.15, -0.1) is 11.3 Å². The second kappa shape index (κ2) is 7.72. The summed E-state index contributed by atoms with van der Waals surface area (Å²) in [7, 11) is 0. The van der Waals surface area contributed by atoms with Crippen molar-refractivity contribution in [3.05, 3.63) is 56.6 Å². The average molecular weight is 386 g/mol. The summed E-state index contributed by atoms with van der Waals surface area (Å²) in [6, 6.07) is 9.08. The molecule has 0 spiro atoms. The van der Waals surface area contributed by atoms with Gasteiger partial charge in [0, 0.05) is 28.8 Å². The molecule has 4 nitrogen and oxygen atoms in total. The van der Waals surface area contributed by atoms with Gasteiger partial charge < -0.3 is 5.32 Å². The number of rotatable bonds is 5. The van der Waals surface area contributed by atoms with Crippen LogP contribution >= 0.6 is 22.9 Å². The molecule has 134 valence electrons. The molecule has 2 heterocycles. The Morgan fingerprint density at radius 3 is 2.92 bits per heavy atom. The monoisotopic (exact) mass is 385 g/mol. The van der Waals surface area contributed by atoms with E-state index in [1.807, 2.05) is 29.5 Å². The number of benzene rings is 1. The number of nitrogens with one attached hydrogen (secondary N) is 1. The predicted molar refractivity (Wildman–Crippen MR) is 106 cm³/mol. The van der Waals surface area contributed by atoms with E-state index in [1.165, 1.54) is 34.8 Å². The van der Waals surface area contributed by atoms with Crippen molar-refractivity contribution in [2.24, 2.45) is 0 Å². The summed E-state index contributed by atoms with van der Waals surface area (Å²) in [6.07, 6.45) is 6.70. The van der Waals surface area contributed by atoms with Crippen molar-refractivity contribution in [1.82, 2.24) is 15.3 Å². The maximum atomic E-state index is 12.4. The molecule has 0 radical (unpaired) electrons. The minimum Gasteiger partial charge on any atom is -0.352 e. The summed E-state index contributed by atoms with van der Waals surface area (Å²) in [4.78, 5) is 22.8. The van der Waals surface area contributed by atoms with Crippen molar-refractivity contribution in [2.75, 3.05) is 6.54 Å². The van der Waals surface area contributed by atoms with Crippen LogP contribution in [0.4, 0.5) is 0 Å². The van der Waals surface area contributed by atoms with Gasteiger partial charge in [0.2, 0.25) is 0 Å². The van der Waals surface area contributed by atoms with Gasteiger partial charge in [0.15, 0.2) is 0 Å². The molecule has 26 heavy (non-hydrogen) atoms. The second-order valence-electron chi connectivity index (χ2n) is 6.59. The fourth-order valence-corrected chi connectivity index (χ4v) is 4.65. The molecule has 0 saturated heterocycles. The summed E-state index contributed by atoms with van der Waals surface area (Å²) in [5.41, 5.74) is 2.75. The summed E-state index contributed by atoms with van der Waals surface area (Å²) in [6.45, 7) is 0.653. The molecule has 2 aromatic heterocycles. The highest BCUT2D eigenvalue weighted by atomic mass is 35.5. The number of aromatic nitrogens is 2. The largest absolute Gasteiger partial charge is 0.352 e. The number of hydrogen-bond acceptors (Lipinski definition) is 4. The van der Waals surface area contributed by atoms with Crippen molar-refractivity contribution in [3.63, 3.8) is 0 Å². The third-order valence-corrected chi connectivity index (χ3v) is 6.09. The minimum absolute atomic E-state index is 0.0553. The molecule has 3 aromatic rings. The van der Waals surface area contributed by atoms with Gasteiger partial charge in [0.05, 0.1) is 16.2 Å². The van der Waals surface area contributed by atoms with Gasteiger partial charge in [0.1, 0.15) is 5.15 Å². The molecule has 0 atom stereocenters. The predicted octanol–water partition coefficient (Wildman–Crippen LogP) is 4.59. The molecular weight excluding hydrogens is 366 g/mol. The van der Waals surface area contributed by atoms with Gasteiger partial charge >= 0.3 is 0 Å². The maximum absolute atomic E-state index is 12.4. The van der Waals surface area contributed by atoms with Crippen molar-refractivity contribution in [1.29, 1.82) is 0 Å². The fraction of sp³-hybridized carbons (Fsp3) is 0.350. The molecule has 4 rings (SSSR count). The zero-order valence-corrected chi connectivity index (χ0v) is 16.0. The topological polar surface area (TPSA) is 54.9 Å². The molecule has 0 aliphatic heterocycles. The molecule has 1 aliphatic rings. The lowest BCUT2D eigenvalue weighted by Gasteiger charge is -2.06. The quantitative estimate of drug-likeness (QED) is 0.516. The molecule has 0 saturated carbocycles. The number of aryl methyl sites for hydroxylation is 3. The van der Waals surface area contributed by atoms with Gasteiger partial charge in [-0.3, -0.25) is 4.79 Å². The smallest absolute Gasteiger partial charge is 0.251 e. The zero-order chi connectivity index (χ0) is 17.9. The van der Waals surface area contributed by atoms with Crippen LogP contribution in [0.25, 0.3) is 10.9 Å². The number of pyridine rings is 1. The molecule has 1 aromatic carbocycles. The molecule has 1 N–H and O–H groups in total. The Balaban J connectivity index is 1.31. The van der Waals surface area contributed by atoms with E-state index in [1.54, 1.807) is 12.1 Å². The lowest BCUT2D eigenvalue weighted by molar-refractivity contribution is 0.0953. The van der Waals surface area contributed by atoms with E-state index in [4.69, 9.17) is 16.6 Å². The Morgan fingerprint density at radius 1 is 1.15 bits per heavy atom. The summed E-state index contributed by atoms with van der Waals surface area (Å²) in [5, 5.41) is 5.58. The van der Waals surface area contributed by atoms with Crippen LogP contribution in [0.2, 0.25) is 5.15 Å². The van der Waals surface area contributed by atoms with Crippen LogP contribution in [-0.4, -0.2) is 22.4 Å². The van der Waals surface area contributed by atoms with E-state index in [-0.39, 0.29) is 5.91 Å². The van der Waals surface area contributed by atoms with Crippen LogP contribution in [0, 0.1) is 0 Å². The van der Waals surface area contributed by atoms with E-state index < -0.39 is 0 Å². The molecule has 1 aliphatic carbocycles. The second-order valence-corrected chi connectivity index (χ2v) is 8.14. The van der Waals surface area contributed by atoms with Crippen LogP contribution in [0.15, 0.2) is 30.3 Å². The molecular formula is C20H20ClN3OS. The van der Waals surface area contributed by atoms with Crippen molar-refractivity contribution in [2.45, 2.75) is 38.5 Å². The van der Waals surface area contributed by atoms with Crippen molar-refractivity contribution < 1.29 is 4.79 Å².